The van der Waals surface area contributed by atoms with E-state index in [1.807, 2.05) is 0 Å². The molecule has 0 aliphatic carbocycles. The van der Waals surface area contributed by atoms with Crippen LogP contribution in [0.1, 0.15) is 6.42 Å². The Bertz CT molecular complexity index is 464. The quantitative estimate of drug-likeness (QED) is 0.738. The van der Waals surface area contributed by atoms with Crippen LogP contribution in [0.25, 0.3) is 0 Å². The van der Waals surface area contributed by atoms with Gasteiger partial charge in [-0.15, -0.1) is 0 Å². The van der Waals surface area contributed by atoms with E-state index in [0.717, 1.165) is 0 Å². The highest BCUT2D eigenvalue weighted by molar-refractivity contribution is 7.89. The van der Waals surface area contributed by atoms with Gasteiger partial charge in [-0.3, -0.25) is 4.98 Å². The van der Waals surface area contributed by atoms with Gasteiger partial charge in [-0.2, -0.15) is 0 Å². The number of aromatic nitrogens is 1. The minimum atomic E-state index is -3.57. The van der Waals surface area contributed by atoms with Crippen molar-refractivity contribution in [3.8, 4) is 0 Å². The third-order valence-corrected chi connectivity index (χ3v) is 4.57. The minimum Gasteiger partial charge on any atom is -0.385 e. The summed E-state index contributed by atoms with van der Waals surface area (Å²) in [5.74, 6) is 0. The highest BCUT2D eigenvalue weighted by atomic mass is 35.5. The highest BCUT2D eigenvalue weighted by Crippen LogP contribution is 2.22. The van der Waals surface area contributed by atoms with Crippen molar-refractivity contribution in [1.29, 1.82) is 0 Å². The van der Waals surface area contributed by atoms with Crippen LogP contribution in [0.2, 0.25) is 5.02 Å². The van der Waals surface area contributed by atoms with Gasteiger partial charge in [0.05, 0.1) is 5.02 Å². The lowest BCUT2D eigenvalue weighted by atomic mass is 10.5. The first kappa shape index (κ1) is 14.4. The van der Waals surface area contributed by atoms with E-state index in [1.54, 1.807) is 7.11 Å². The molecule has 0 fully saturated rings. The number of nitrogens with zero attached hydrogens (tertiary/aromatic N) is 2. The van der Waals surface area contributed by atoms with Crippen molar-refractivity contribution in [1.82, 2.24) is 9.29 Å². The highest BCUT2D eigenvalue weighted by Gasteiger charge is 2.23. The molecule has 0 radical (unpaired) electrons. The smallest absolute Gasteiger partial charge is 0.245 e. The van der Waals surface area contributed by atoms with E-state index in [1.165, 1.54) is 29.8 Å². The summed E-state index contributed by atoms with van der Waals surface area (Å²) in [6, 6.07) is 1.46. The number of hydrogen-bond acceptors (Lipinski definition) is 4. The van der Waals surface area contributed by atoms with Gasteiger partial charge in [-0.05, 0) is 12.5 Å². The van der Waals surface area contributed by atoms with Gasteiger partial charge in [-0.1, -0.05) is 11.6 Å². The van der Waals surface area contributed by atoms with E-state index in [2.05, 4.69) is 4.98 Å². The van der Waals surface area contributed by atoms with Crippen molar-refractivity contribution in [3.63, 3.8) is 0 Å². The Kier molecular flexibility index (Phi) is 5.32. The zero-order valence-corrected chi connectivity index (χ0v) is 11.3. The third kappa shape index (κ3) is 3.64. The van der Waals surface area contributed by atoms with Crippen molar-refractivity contribution in [2.45, 2.75) is 11.3 Å². The summed E-state index contributed by atoms with van der Waals surface area (Å²) in [5.41, 5.74) is 0. The zero-order valence-electron chi connectivity index (χ0n) is 9.76. The van der Waals surface area contributed by atoms with Gasteiger partial charge < -0.3 is 4.74 Å². The molecule has 0 N–H and O–H groups in total. The molecule has 0 aliphatic heterocycles. The van der Waals surface area contributed by atoms with E-state index >= 15 is 0 Å². The molecule has 1 rings (SSSR count). The second-order valence-electron chi connectivity index (χ2n) is 3.48. The number of ether oxygens (including phenoxy) is 1. The number of pyridine rings is 1. The number of sulfonamides is 1. The lowest BCUT2D eigenvalue weighted by Crippen LogP contribution is -2.28. The maximum absolute atomic E-state index is 12.1. The molecule has 0 atom stereocenters. The summed E-state index contributed by atoms with van der Waals surface area (Å²) in [6.45, 7) is 0.891. The molecule has 0 aliphatic rings. The van der Waals surface area contributed by atoms with E-state index < -0.39 is 10.0 Å². The Morgan fingerprint density at radius 2 is 2.24 bits per heavy atom. The first-order chi connectivity index (χ1) is 8.00. The predicted molar refractivity (Wildman–Crippen MR) is 65.6 cm³/mol. The molecule has 1 heterocycles. The van der Waals surface area contributed by atoms with Crippen LogP contribution in [-0.2, 0) is 14.8 Å². The molecule has 0 amide bonds. The maximum Gasteiger partial charge on any atom is 0.245 e. The Hall–Kier alpha value is -0.690. The third-order valence-electron chi connectivity index (χ3n) is 2.24. The molecular weight excluding hydrogens is 264 g/mol. The molecule has 0 saturated carbocycles. The fourth-order valence-corrected chi connectivity index (χ4v) is 2.88. The summed E-state index contributed by atoms with van der Waals surface area (Å²) in [4.78, 5) is 3.80. The van der Waals surface area contributed by atoms with Crippen LogP contribution in [0, 0.1) is 0 Å². The first-order valence-electron chi connectivity index (χ1n) is 5.05. The lowest BCUT2D eigenvalue weighted by Gasteiger charge is -2.17. The maximum atomic E-state index is 12.1. The number of rotatable bonds is 6. The Morgan fingerprint density at radius 3 is 2.82 bits per heavy atom. The normalized spacial score (nSPS) is 12.0. The van der Waals surface area contributed by atoms with E-state index in [4.69, 9.17) is 16.3 Å². The van der Waals surface area contributed by atoms with Crippen LogP contribution >= 0.6 is 11.6 Å². The van der Waals surface area contributed by atoms with Crippen LogP contribution in [0.15, 0.2) is 23.4 Å². The summed E-state index contributed by atoms with van der Waals surface area (Å²) in [6.07, 6.45) is 3.33. The predicted octanol–water partition coefficient (Wildman–Crippen LogP) is 1.39. The second-order valence-corrected chi connectivity index (χ2v) is 5.90. The second kappa shape index (κ2) is 6.30. The van der Waals surface area contributed by atoms with E-state index in [9.17, 15) is 8.42 Å². The first-order valence-corrected chi connectivity index (χ1v) is 6.86. The van der Waals surface area contributed by atoms with Gasteiger partial charge in [0.1, 0.15) is 4.90 Å². The molecule has 17 heavy (non-hydrogen) atoms. The van der Waals surface area contributed by atoms with E-state index in [0.29, 0.717) is 19.6 Å². The SMILES string of the molecule is COCCCN(C)S(=O)(=O)c1cnccc1Cl. The Balaban J connectivity index is 2.85. The van der Waals surface area contributed by atoms with Crippen molar-refractivity contribution in [2.75, 3.05) is 27.3 Å². The largest absolute Gasteiger partial charge is 0.385 e. The monoisotopic (exact) mass is 278 g/mol. The average molecular weight is 279 g/mol. The van der Waals surface area contributed by atoms with Crippen LogP contribution in [0.5, 0.6) is 0 Å². The Labute approximate surface area is 106 Å². The Morgan fingerprint density at radius 1 is 1.53 bits per heavy atom. The fraction of sp³-hybridized carbons (Fsp3) is 0.500. The molecule has 96 valence electrons. The fourth-order valence-electron chi connectivity index (χ4n) is 1.27. The van der Waals surface area contributed by atoms with Crippen molar-refractivity contribution < 1.29 is 13.2 Å². The van der Waals surface area contributed by atoms with Crippen LogP contribution in [0.4, 0.5) is 0 Å². The van der Waals surface area contributed by atoms with Crippen molar-refractivity contribution in [3.05, 3.63) is 23.5 Å². The summed E-state index contributed by atoms with van der Waals surface area (Å²) < 4.78 is 30.3. The van der Waals surface area contributed by atoms with Gasteiger partial charge in [0.15, 0.2) is 0 Å². The standard InChI is InChI=1S/C10H15ClN2O3S/c1-13(6-3-7-16-2)17(14,15)10-8-12-5-4-9(10)11/h4-5,8H,3,6-7H2,1-2H3. The molecule has 0 bridgehead atoms. The minimum absolute atomic E-state index is 0.0292. The number of halogens is 1. The average Bonchev–Trinajstić information content (AvgIpc) is 2.29. The lowest BCUT2D eigenvalue weighted by molar-refractivity contribution is 0.189. The zero-order chi connectivity index (χ0) is 12.9. The molecular formula is C10H15ClN2O3S. The van der Waals surface area contributed by atoms with Crippen LogP contribution in [0.3, 0.4) is 0 Å². The van der Waals surface area contributed by atoms with Crippen LogP contribution < -0.4 is 0 Å². The summed E-state index contributed by atoms with van der Waals surface area (Å²) in [7, 11) is -0.483. The molecule has 5 nitrogen and oxygen atoms in total. The van der Waals surface area contributed by atoms with Gasteiger partial charge >= 0.3 is 0 Å². The van der Waals surface area contributed by atoms with E-state index in [-0.39, 0.29) is 9.92 Å². The number of hydrogen-bond donors (Lipinski definition) is 0. The molecule has 0 unspecified atom stereocenters. The van der Waals surface area contributed by atoms with Crippen molar-refractivity contribution >= 4 is 21.6 Å². The summed E-state index contributed by atoms with van der Waals surface area (Å²) in [5, 5.41) is 0.179. The molecule has 0 aromatic carbocycles. The van der Waals surface area contributed by atoms with Gasteiger partial charge in [0.2, 0.25) is 10.0 Å². The van der Waals surface area contributed by atoms with Gasteiger partial charge in [-0.25, -0.2) is 12.7 Å². The van der Waals surface area contributed by atoms with Gasteiger partial charge in [0.25, 0.3) is 0 Å². The molecule has 0 saturated heterocycles. The number of methoxy groups -OCH3 is 1. The van der Waals surface area contributed by atoms with Gasteiger partial charge in [0, 0.05) is 39.7 Å². The van der Waals surface area contributed by atoms with Crippen molar-refractivity contribution in [2.24, 2.45) is 0 Å². The van der Waals surface area contributed by atoms with Crippen LogP contribution in [-0.4, -0.2) is 45.0 Å². The molecule has 0 spiro atoms. The molecule has 1 aromatic rings. The topological polar surface area (TPSA) is 59.5 Å². The molecule has 7 heteroatoms. The summed E-state index contributed by atoms with van der Waals surface area (Å²) >= 11 is 5.84. The molecule has 1 aromatic heterocycles.